The number of benzene rings is 1. The van der Waals surface area contributed by atoms with Crippen molar-refractivity contribution in [3.63, 3.8) is 0 Å². The maximum atomic E-state index is 12.9. The van der Waals surface area contributed by atoms with E-state index in [1.807, 2.05) is 23.6 Å². The van der Waals surface area contributed by atoms with Crippen molar-refractivity contribution >= 4 is 20.9 Å². The van der Waals surface area contributed by atoms with Crippen molar-refractivity contribution in [1.29, 1.82) is 0 Å². The van der Waals surface area contributed by atoms with Crippen molar-refractivity contribution in [2.24, 2.45) is 5.73 Å². The van der Waals surface area contributed by atoms with Crippen LogP contribution in [-0.4, -0.2) is 24.5 Å². The summed E-state index contributed by atoms with van der Waals surface area (Å²) in [7, 11) is -3.61. The minimum Gasteiger partial charge on any atom is -0.344 e. The number of sulfone groups is 1. The van der Waals surface area contributed by atoms with Crippen molar-refractivity contribution < 1.29 is 8.42 Å². The minimum absolute atomic E-state index is 0.224. The molecule has 0 saturated carbocycles. The van der Waals surface area contributed by atoms with E-state index < -0.39 is 9.84 Å². The molecule has 22 heavy (non-hydrogen) atoms. The maximum Gasteiger partial charge on any atom is 0.210 e. The Hall–Kier alpha value is -2.18. The van der Waals surface area contributed by atoms with Gasteiger partial charge in [-0.25, -0.2) is 8.42 Å². The van der Waals surface area contributed by atoms with Crippen molar-refractivity contribution in [2.45, 2.75) is 23.3 Å². The first-order chi connectivity index (χ1) is 10.5. The van der Waals surface area contributed by atoms with Gasteiger partial charge in [-0.05, 0) is 36.8 Å². The third kappa shape index (κ3) is 2.40. The summed E-state index contributed by atoms with van der Waals surface area (Å²) in [4.78, 5) is 4.76. The first-order valence-corrected chi connectivity index (χ1v) is 8.48. The van der Waals surface area contributed by atoms with Crippen molar-refractivity contribution in [3.8, 4) is 0 Å². The first-order valence-electron chi connectivity index (χ1n) is 7.00. The van der Waals surface area contributed by atoms with Gasteiger partial charge in [-0.2, -0.15) is 0 Å². The molecular weight excluding hydrogens is 298 g/mol. The van der Waals surface area contributed by atoms with Crippen molar-refractivity contribution in [1.82, 2.24) is 9.55 Å². The van der Waals surface area contributed by atoms with Gasteiger partial charge in [-0.3, -0.25) is 4.98 Å². The highest BCUT2D eigenvalue weighted by atomic mass is 32.2. The summed E-state index contributed by atoms with van der Waals surface area (Å²) in [6, 6.07) is 10.5. The molecule has 0 aliphatic heterocycles. The van der Waals surface area contributed by atoms with E-state index in [2.05, 4.69) is 4.98 Å². The molecule has 6 heteroatoms. The Labute approximate surface area is 129 Å². The normalized spacial score (nSPS) is 11.9. The van der Waals surface area contributed by atoms with Crippen molar-refractivity contribution in [2.75, 3.05) is 6.54 Å². The molecule has 5 nitrogen and oxygen atoms in total. The predicted molar refractivity (Wildman–Crippen MR) is 85.4 cm³/mol. The average Bonchev–Trinajstić information content (AvgIpc) is 2.88. The summed E-state index contributed by atoms with van der Waals surface area (Å²) in [5.41, 5.74) is 7.77. The fraction of sp³-hybridized carbons (Fsp3) is 0.188. The molecule has 2 aromatic heterocycles. The zero-order chi connectivity index (χ0) is 15.7. The highest BCUT2D eigenvalue weighted by Gasteiger charge is 2.24. The summed E-state index contributed by atoms with van der Waals surface area (Å²) >= 11 is 0. The van der Waals surface area contributed by atoms with Gasteiger partial charge in [0.05, 0.1) is 10.4 Å². The first kappa shape index (κ1) is 14.7. The molecule has 0 fully saturated rings. The maximum absolute atomic E-state index is 12.9. The fourth-order valence-corrected chi connectivity index (χ4v) is 4.05. The lowest BCUT2D eigenvalue weighted by Gasteiger charge is -2.03. The number of hydrogen-bond acceptors (Lipinski definition) is 4. The van der Waals surface area contributed by atoms with Crippen LogP contribution in [0.25, 0.3) is 11.0 Å². The van der Waals surface area contributed by atoms with Crippen LogP contribution in [0.4, 0.5) is 0 Å². The number of aryl methyl sites for hydroxylation is 1. The topological polar surface area (TPSA) is 78.0 Å². The van der Waals surface area contributed by atoms with Crippen LogP contribution >= 0.6 is 0 Å². The van der Waals surface area contributed by atoms with Crippen LogP contribution in [0.5, 0.6) is 0 Å². The zero-order valence-corrected chi connectivity index (χ0v) is 13.0. The minimum atomic E-state index is -3.61. The van der Waals surface area contributed by atoms with Crippen LogP contribution in [0, 0.1) is 6.92 Å². The van der Waals surface area contributed by atoms with Crippen LogP contribution in [-0.2, 0) is 16.4 Å². The molecule has 1 aromatic carbocycles. The monoisotopic (exact) mass is 315 g/mol. The lowest BCUT2D eigenvalue weighted by Crippen LogP contribution is -2.08. The quantitative estimate of drug-likeness (QED) is 0.800. The standard InChI is InChI=1S/C16H17N3O2S/c1-12-4-2-5-13(10-12)22(20,21)15-11-19(9-7-17)14-6-3-8-18-16(14)15/h2-6,8,10-11H,7,9,17H2,1H3. The molecule has 0 unspecified atom stereocenters. The van der Waals surface area contributed by atoms with Gasteiger partial charge >= 0.3 is 0 Å². The number of rotatable bonds is 4. The number of hydrogen-bond donors (Lipinski definition) is 1. The second kappa shape index (κ2) is 5.55. The molecule has 0 amide bonds. The van der Waals surface area contributed by atoms with Crippen LogP contribution in [0.15, 0.2) is 58.6 Å². The molecular formula is C16H17N3O2S. The van der Waals surface area contributed by atoms with Gasteiger partial charge in [0.15, 0.2) is 0 Å². The van der Waals surface area contributed by atoms with Gasteiger partial charge in [0.1, 0.15) is 10.4 Å². The summed E-state index contributed by atoms with van der Waals surface area (Å²) in [6.07, 6.45) is 3.23. The molecule has 0 bridgehead atoms. The fourth-order valence-electron chi connectivity index (χ4n) is 2.52. The molecule has 0 aliphatic carbocycles. The van der Waals surface area contributed by atoms with Gasteiger partial charge in [0, 0.05) is 25.5 Å². The number of nitrogens with two attached hydrogens (primary N) is 1. The lowest BCUT2D eigenvalue weighted by atomic mass is 10.2. The van der Waals surface area contributed by atoms with E-state index >= 15 is 0 Å². The smallest absolute Gasteiger partial charge is 0.210 e. The number of nitrogens with zero attached hydrogens (tertiary/aromatic N) is 2. The zero-order valence-electron chi connectivity index (χ0n) is 12.2. The van der Waals surface area contributed by atoms with Crippen LogP contribution in [0.3, 0.4) is 0 Å². The number of fused-ring (bicyclic) bond motifs is 1. The van der Waals surface area contributed by atoms with Crippen LogP contribution in [0.2, 0.25) is 0 Å². The Kier molecular flexibility index (Phi) is 3.72. The Balaban J connectivity index is 2.25. The van der Waals surface area contributed by atoms with E-state index in [0.717, 1.165) is 11.1 Å². The predicted octanol–water partition coefficient (Wildman–Crippen LogP) is 2.14. The van der Waals surface area contributed by atoms with Crippen LogP contribution in [0.1, 0.15) is 5.56 Å². The third-order valence-corrected chi connectivity index (χ3v) is 5.31. The molecule has 3 rings (SSSR count). The van der Waals surface area contributed by atoms with Gasteiger partial charge in [-0.1, -0.05) is 12.1 Å². The average molecular weight is 315 g/mol. The summed E-state index contributed by atoms with van der Waals surface area (Å²) in [5.74, 6) is 0. The summed E-state index contributed by atoms with van der Waals surface area (Å²) < 4.78 is 27.7. The second-order valence-electron chi connectivity index (χ2n) is 5.17. The molecule has 0 atom stereocenters. The lowest BCUT2D eigenvalue weighted by molar-refractivity contribution is 0.596. The van der Waals surface area contributed by atoms with Crippen LogP contribution < -0.4 is 5.73 Å². The molecule has 2 heterocycles. The Morgan fingerprint density at radius 3 is 2.77 bits per heavy atom. The van der Waals surface area contributed by atoms with Gasteiger partial charge < -0.3 is 10.3 Å². The largest absolute Gasteiger partial charge is 0.344 e. The Bertz CT molecular complexity index is 929. The van der Waals surface area contributed by atoms with E-state index in [4.69, 9.17) is 5.73 Å². The van der Waals surface area contributed by atoms with E-state index in [0.29, 0.717) is 18.6 Å². The molecule has 0 saturated heterocycles. The number of aromatic nitrogens is 2. The number of pyridine rings is 1. The molecule has 0 radical (unpaired) electrons. The molecule has 2 N–H and O–H groups in total. The SMILES string of the molecule is Cc1cccc(S(=O)(=O)c2cn(CCN)c3cccnc23)c1. The van der Waals surface area contributed by atoms with E-state index in [1.54, 1.807) is 36.7 Å². The highest BCUT2D eigenvalue weighted by Crippen LogP contribution is 2.29. The molecule has 3 aromatic rings. The molecule has 0 spiro atoms. The van der Waals surface area contributed by atoms with E-state index in [-0.39, 0.29) is 9.79 Å². The van der Waals surface area contributed by atoms with E-state index in [9.17, 15) is 8.42 Å². The third-order valence-electron chi connectivity index (χ3n) is 3.56. The summed E-state index contributed by atoms with van der Waals surface area (Å²) in [6.45, 7) is 2.85. The Morgan fingerprint density at radius 1 is 1.23 bits per heavy atom. The van der Waals surface area contributed by atoms with Gasteiger partial charge in [-0.15, -0.1) is 0 Å². The van der Waals surface area contributed by atoms with Crippen molar-refractivity contribution in [3.05, 3.63) is 54.4 Å². The summed E-state index contributed by atoms with van der Waals surface area (Å²) in [5, 5.41) is 0. The second-order valence-corrected chi connectivity index (χ2v) is 7.08. The van der Waals surface area contributed by atoms with Gasteiger partial charge in [0.2, 0.25) is 9.84 Å². The molecule has 114 valence electrons. The van der Waals surface area contributed by atoms with Gasteiger partial charge in [0.25, 0.3) is 0 Å². The van der Waals surface area contributed by atoms with E-state index in [1.165, 1.54) is 0 Å². The highest BCUT2D eigenvalue weighted by molar-refractivity contribution is 7.91. The molecule has 0 aliphatic rings. The Morgan fingerprint density at radius 2 is 2.05 bits per heavy atom.